The average molecular weight is 406 g/mol. The molecule has 0 fully saturated rings. The van der Waals surface area contributed by atoms with Crippen molar-refractivity contribution in [2.45, 2.75) is 6.42 Å². The third-order valence-electron chi connectivity index (χ3n) is 4.63. The first-order valence-corrected chi connectivity index (χ1v) is 10.7. The van der Waals surface area contributed by atoms with Crippen molar-refractivity contribution in [1.29, 1.82) is 0 Å². The van der Waals surface area contributed by atoms with Gasteiger partial charge in [-0.3, -0.25) is 9.71 Å². The minimum absolute atomic E-state index is 0.252. The lowest BCUT2D eigenvalue weighted by Gasteiger charge is -2.17. The van der Waals surface area contributed by atoms with Gasteiger partial charge < -0.3 is 0 Å². The normalized spacial score (nSPS) is 13.8. The van der Waals surface area contributed by atoms with Crippen LogP contribution in [-0.4, -0.2) is 20.7 Å². The molecule has 4 rings (SSSR count). The molecule has 0 unspecified atom stereocenters. The summed E-state index contributed by atoms with van der Waals surface area (Å²) in [5.74, 6) is -0.252. The molecular formula is C23H19FN2O2S. The highest BCUT2D eigenvalue weighted by Crippen LogP contribution is 2.23. The van der Waals surface area contributed by atoms with E-state index in [4.69, 9.17) is 0 Å². The standard InChI is InChI=1S/C23H19FN2O2S/c24-20-8-11-22-19(16-20)12-14-25-23(22)18-6-9-21(10-7-18)26-29(27,28)15-13-17-4-2-1-3-5-17/h1-11,13,15-16,26H,12,14H2. The number of nitrogens with zero attached hydrogens (tertiary/aromatic N) is 1. The summed E-state index contributed by atoms with van der Waals surface area (Å²) in [4.78, 5) is 4.58. The fraction of sp³-hybridized carbons (Fsp3) is 0.0870. The van der Waals surface area contributed by atoms with Gasteiger partial charge in [-0.2, -0.15) is 0 Å². The number of nitrogens with one attached hydrogen (secondary N) is 1. The van der Waals surface area contributed by atoms with E-state index in [-0.39, 0.29) is 5.82 Å². The Bertz CT molecular complexity index is 1190. The molecule has 0 radical (unpaired) electrons. The molecule has 29 heavy (non-hydrogen) atoms. The molecule has 0 atom stereocenters. The molecule has 0 saturated carbocycles. The van der Waals surface area contributed by atoms with Crippen LogP contribution in [0.25, 0.3) is 6.08 Å². The topological polar surface area (TPSA) is 58.5 Å². The summed E-state index contributed by atoms with van der Waals surface area (Å²) in [6.07, 6.45) is 2.26. The van der Waals surface area contributed by atoms with Crippen molar-refractivity contribution in [3.05, 3.63) is 106 Å². The Hall–Kier alpha value is -3.25. The number of aliphatic imine (C=N–C) groups is 1. The van der Waals surface area contributed by atoms with Crippen LogP contribution in [-0.2, 0) is 16.4 Å². The fourth-order valence-electron chi connectivity index (χ4n) is 3.25. The van der Waals surface area contributed by atoms with Crippen molar-refractivity contribution in [3.63, 3.8) is 0 Å². The van der Waals surface area contributed by atoms with Crippen molar-refractivity contribution in [3.8, 4) is 0 Å². The molecule has 4 nitrogen and oxygen atoms in total. The highest BCUT2D eigenvalue weighted by Gasteiger charge is 2.16. The van der Waals surface area contributed by atoms with Crippen molar-refractivity contribution in [2.75, 3.05) is 11.3 Å². The third kappa shape index (κ3) is 4.60. The molecule has 1 aliphatic heterocycles. The van der Waals surface area contributed by atoms with E-state index in [9.17, 15) is 12.8 Å². The number of rotatable bonds is 5. The van der Waals surface area contributed by atoms with Crippen LogP contribution < -0.4 is 4.72 Å². The molecule has 3 aromatic carbocycles. The van der Waals surface area contributed by atoms with Crippen molar-refractivity contribution >= 4 is 27.5 Å². The maximum Gasteiger partial charge on any atom is 0.255 e. The van der Waals surface area contributed by atoms with Crippen LogP contribution in [0.4, 0.5) is 10.1 Å². The lowest BCUT2D eigenvalue weighted by molar-refractivity contribution is 0.609. The van der Waals surface area contributed by atoms with Gasteiger partial charge in [-0.05, 0) is 54.0 Å². The van der Waals surface area contributed by atoms with E-state index in [0.717, 1.165) is 33.4 Å². The quantitative estimate of drug-likeness (QED) is 0.672. The molecule has 3 aromatic rings. The molecule has 1 aliphatic rings. The summed E-state index contributed by atoms with van der Waals surface area (Å²) in [6.45, 7) is 0.602. The van der Waals surface area contributed by atoms with Crippen LogP contribution in [0.2, 0.25) is 0 Å². The van der Waals surface area contributed by atoms with Crippen LogP contribution in [0, 0.1) is 5.82 Å². The lowest BCUT2D eigenvalue weighted by atomic mass is 9.93. The SMILES string of the molecule is O=S(=O)(C=Cc1ccccc1)Nc1ccc(C2=NCCc3cc(F)ccc32)cc1. The van der Waals surface area contributed by atoms with E-state index < -0.39 is 10.0 Å². The van der Waals surface area contributed by atoms with E-state index in [1.54, 1.807) is 30.3 Å². The average Bonchev–Trinajstić information content (AvgIpc) is 2.73. The molecule has 0 bridgehead atoms. The summed E-state index contributed by atoms with van der Waals surface area (Å²) in [6, 6.07) is 21.0. The van der Waals surface area contributed by atoms with Gasteiger partial charge in [0.05, 0.1) is 11.1 Å². The summed E-state index contributed by atoms with van der Waals surface area (Å²) < 4.78 is 40.6. The van der Waals surface area contributed by atoms with Gasteiger partial charge in [-0.15, -0.1) is 0 Å². The highest BCUT2D eigenvalue weighted by atomic mass is 32.2. The van der Waals surface area contributed by atoms with Crippen molar-refractivity contribution < 1.29 is 12.8 Å². The van der Waals surface area contributed by atoms with Crippen LogP contribution in [0.15, 0.2) is 83.2 Å². The molecule has 0 spiro atoms. The van der Waals surface area contributed by atoms with Crippen LogP contribution in [0.3, 0.4) is 0 Å². The number of hydrogen-bond acceptors (Lipinski definition) is 3. The zero-order valence-corrected chi connectivity index (χ0v) is 16.4. The second kappa shape index (κ2) is 8.01. The van der Waals surface area contributed by atoms with Gasteiger partial charge in [0.1, 0.15) is 5.82 Å². The summed E-state index contributed by atoms with van der Waals surface area (Å²) in [5.41, 5.74) is 4.77. The summed E-state index contributed by atoms with van der Waals surface area (Å²) >= 11 is 0. The van der Waals surface area contributed by atoms with Crippen LogP contribution in [0.5, 0.6) is 0 Å². The first-order chi connectivity index (χ1) is 14.0. The maximum atomic E-state index is 13.5. The maximum absolute atomic E-state index is 13.5. The monoisotopic (exact) mass is 406 g/mol. The van der Waals surface area contributed by atoms with E-state index >= 15 is 0 Å². The Kier molecular flexibility index (Phi) is 5.27. The van der Waals surface area contributed by atoms with Gasteiger partial charge in [-0.1, -0.05) is 42.5 Å². The van der Waals surface area contributed by atoms with E-state index in [2.05, 4.69) is 9.71 Å². The molecule has 0 aromatic heterocycles. The number of anilines is 1. The second-order valence-electron chi connectivity index (χ2n) is 6.72. The molecule has 1 N–H and O–H groups in total. The van der Waals surface area contributed by atoms with Gasteiger partial charge >= 0.3 is 0 Å². The zero-order chi connectivity index (χ0) is 20.3. The minimum atomic E-state index is -3.63. The lowest BCUT2D eigenvalue weighted by Crippen LogP contribution is -2.14. The predicted octanol–water partition coefficient (Wildman–Crippen LogP) is 4.63. The first kappa shape index (κ1) is 19.1. The Morgan fingerprint density at radius 3 is 2.48 bits per heavy atom. The van der Waals surface area contributed by atoms with E-state index in [1.807, 2.05) is 42.5 Å². The Morgan fingerprint density at radius 1 is 0.966 bits per heavy atom. The molecule has 0 aliphatic carbocycles. The van der Waals surface area contributed by atoms with Gasteiger partial charge in [0.15, 0.2) is 0 Å². The molecule has 0 saturated heterocycles. The smallest absolute Gasteiger partial charge is 0.255 e. The molecule has 0 amide bonds. The van der Waals surface area contributed by atoms with Crippen molar-refractivity contribution in [2.24, 2.45) is 4.99 Å². The first-order valence-electron chi connectivity index (χ1n) is 9.20. The predicted molar refractivity (Wildman–Crippen MR) is 115 cm³/mol. The fourth-order valence-corrected chi connectivity index (χ4v) is 4.12. The second-order valence-corrected chi connectivity index (χ2v) is 8.29. The molecule has 146 valence electrons. The number of hydrogen-bond donors (Lipinski definition) is 1. The number of halogens is 1. The molecule has 1 heterocycles. The Labute approximate surface area is 169 Å². The third-order valence-corrected chi connectivity index (χ3v) is 5.65. The van der Waals surface area contributed by atoms with E-state index in [1.165, 1.54) is 6.07 Å². The molecular weight excluding hydrogens is 387 g/mol. The van der Waals surface area contributed by atoms with Crippen LogP contribution in [0.1, 0.15) is 22.3 Å². The van der Waals surface area contributed by atoms with Crippen LogP contribution >= 0.6 is 0 Å². The number of sulfonamides is 1. The number of fused-ring (bicyclic) bond motifs is 1. The van der Waals surface area contributed by atoms with Gasteiger partial charge in [0.2, 0.25) is 0 Å². The zero-order valence-electron chi connectivity index (χ0n) is 15.5. The van der Waals surface area contributed by atoms with Gasteiger partial charge in [-0.25, -0.2) is 12.8 Å². The number of benzene rings is 3. The minimum Gasteiger partial charge on any atom is -0.284 e. The summed E-state index contributed by atoms with van der Waals surface area (Å²) in [7, 11) is -3.63. The Balaban J connectivity index is 1.52. The Morgan fingerprint density at radius 2 is 1.72 bits per heavy atom. The van der Waals surface area contributed by atoms with Crippen molar-refractivity contribution in [1.82, 2.24) is 0 Å². The van der Waals surface area contributed by atoms with Gasteiger partial charge in [0, 0.05) is 23.4 Å². The van der Waals surface area contributed by atoms with Gasteiger partial charge in [0.25, 0.3) is 10.0 Å². The molecule has 6 heteroatoms. The van der Waals surface area contributed by atoms with E-state index in [0.29, 0.717) is 18.7 Å². The highest BCUT2D eigenvalue weighted by molar-refractivity contribution is 7.95. The summed E-state index contributed by atoms with van der Waals surface area (Å²) in [5, 5.41) is 1.15. The largest absolute Gasteiger partial charge is 0.284 e.